The molecule has 3 rings (SSSR count). The number of aliphatic carboxylic acids is 1. The van der Waals surface area contributed by atoms with Crippen molar-refractivity contribution >= 4 is 23.6 Å². The van der Waals surface area contributed by atoms with E-state index < -0.39 is 11.5 Å². The van der Waals surface area contributed by atoms with Crippen LogP contribution in [-0.2, 0) is 15.3 Å². The SMILES string of the molecule is CC1CCC(NC(=O)CSCc2coc(-c3ccccc3)n2)(C(=O)O)CC1. The van der Waals surface area contributed by atoms with Crippen LogP contribution in [0.3, 0.4) is 0 Å². The summed E-state index contributed by atoms with van der Waals surface area (Å²) >= 11 is 1.40. The van der Waals surface area contributed by atoms with Gasteiger partial charge in [-0.3, -0.25) is 4.79 Å². The van der Waals surface area contributed by atoms with Crippen molar-refractivity contribution < 1.29 is 19.1 Å². The van der Waals surface area contributed by atoms with E-state index in [1.54, 1.807) is 6.26 Å². The van der Waals surface area contributed by atoms with Gasteiger partial charge in [0.1, 0.15) is 11.8 Å². The minimum absolute atomic E-state index is 0.193. The van der Waals surface area contributed by atoms with Gasteiger partial charge >= 0.3 is 5.97 Å². The number of amides is 1. The second-order valence-corrected chi connectivity index (χ2v) is 8.11. The first-order chi connectivity index (χ1) is 13.0. The summed E-state index contributed by atoms with van der Waals surface area (Å²) in [5.74, 6) is 0.603. The van der Waals surface area contributed by atoms with Crippen molar-refractivity contribution in [3.05, 3.63) is 42.3 Å². The molecule has 0 saturated heterocycles. The molecule has 0 aliphatic heterocycles. The van der Waals surface area contributed by atoms with E-state index in [2.05, 4.69) is 17.2 Å². The molecule has 7 heteroatoms. The van der Waals surface area contributed by atoms with Crippen LogP contribution in [0.25, 0.3) is 11.5 Å². The van der Waals surface area contributed by atoms with Gasteiger partial charge in [0.25, 0.3) is 0 Å². The molecule has 2 N–H and O–H groups in total. The Balaban J connectivity index is 1.49. The molecule has 1 saturated carbocycles. The van der Waals surface area contributed by atoms with Crippen LogP contribution in [0, 0.1) is 5.92 Å². The molecule has 0 bridgehead atoms. The summed E-state index contributed by atoms with van der Waals surface area (Å²) in [5, 5.41) is 12.4. The molecule has 144 valence electrons. The zero-order valence-corrected chi connectivity index (χ0v) is 16.1. The number of hydrogen-bond donors (Lipinski definition) is 2. The highest BCUT2D eigenvalue weighted by molar-refractivity contribution is 7.99. The fraction of sp³-hybridized carbons (Fsp3) is 0.450. The molecule has 0 spiro atoms. The van der Waals surface area contributed by atoms with Crippen LogP contribution in [0.2, 0.25) is 0 Å². The number of rotatable bonds is 7. The first-order valence-electron chi connectivity index (χ1n) is 9.10. The van der Waals surface area contributed by atoms with Crippen molar-refractivity contribution in [1.29, 1.82) is 0 Å². The maximum Gasteiger partial charge on any atom is 0.329 e. The second kappa shape index (κ2) is 8.61. The largest absolute Gasteiger partial charge is 0.480 e. The van der Waals surface area contributed by atoms with Crippen LogP contribution >= 0.6 is 11.8 Å². The number of nitrogens with zero attached hydrogens (tertiary/aromatic N) is 1. The lowest BCUT2D eigenvalue weighted by atomic mass is 9.77. The highest BCUT2D eigenvalue weighted by Crippen LogP contribution is 2.32. The summed E-state index contributed by atoms with van der Waals surface area (Å²) in [6, 6.07) is 9.61. The van der Waals surface area contributed by atoms with Crippen LogP contribution in [0.1, 0.15) is 38.3 Å². The molecule has 1 aliphatic rings. The van der Waals surface area contributed by atoms with E-state index in [0.29, 0.717) is 30.4 Å². The Morgan fingerprint density at radius 1 is 1.30 bits per heavy atom. The molecular weight excluding hydrogens is 364 g/mol. The number of aromatic nitrogens is 1. The number of carbonyl (C=O) groups excluding carboxylic acids is 1. The van der Waals surface area contributed by atoms with Crippen molar-refractivity contribution in [2.45, 2.75) is 43.9 Å². The number of nitrogens with one attached hydrogen (secondary N) is 1. The second-order valence-electron chi connectivity index (χ2n) is 7.12. The predicted molar refractivity (Wildman–Crippen MR) is 104 cm³/mol. The van der Waals surface area contributed by atoms with Gasteiger partial charge in [0.2, 0.25) is 11.8 Å². The molecule has 0 unspecified atom stereocenters. The molecule has 1 aromatic heterocycles. The fourth-order valence-electron chi connectivity index (χ4n) is 3.29. The highest BCUT2D eigenvalue weighted by Gasteiger charge is 2.42. The minimum atomic E-state index is -1.11. The number of carboxylic acids is 1. The van der Waals surface area contributed by atoms with Crippen molar-refractivity contribution in [3.8, 4) is 11.5 Å². The summed E-state index contributed by atoms with van der Waals surface area (Å²) < 4.78 is 5.48. The molecule has 2 aromatic rings. The molecule has 6 nitrogen and oxygen atoms in total. The molecule has 0 atom stereocenters. The lowest BCUT2D eigenvalue weighted by molar-refractivity contribution is -0.149. The van der Waals surface area contributed by atoms with Gasteiger partial charge in [-0.25, -0.2) is 9.78 Å². The molecule has 0 radical (unpaired) electrons. The average Bonchev–Trinajstić information content (AvgIpc) is 3.13. The van der Waals surface area contributed by atoms with E-state index in [1.165, 1.54) is 11.8 Å². The van der Waals surface area contributed by atoms with E-state index >= 15 is 0 Å². The molecule has 27 heavy (non-hydrogen) atoms. The number of carboxylic acid groups (broad SMARTS) is 1. The summed E-state index contributed by atoms with van der Waals surface area (Å²) in [5.41, 5.74) is 0.547. The zero-order valence-electron chi connectivity index (χ0n) is 15.3. The monoisotopic (exact) mass is 388 g/mol. The number of hydrogen-bond acceptors (Lipinski definition) is 5. The van der Waals surface area contributed by atoms with Gasteiger partial charge in [-0.15, -0.1) is 11.8 Å². The molecule has 1 fully saturated rings. The Kier molecular flexibility index (Phi) is 6.21. The maximum absolute atomic E-state index is 12.3. The van der Waals surface area contributed by atoms with Gasteiger partial charge in [0.15, 0.2) is 0 Å². The third-order valence-electron chi connectivity index (χ3n) is 4.97. The van der Waals surface area contributed by atoms with Crippen molar-refractivity contribution in [3.63, 3.8) is 0 Å². The Morgan fingerprint density at radius 2 is 2.00 bits per heavy atom. The molecule has 1 aromatic carbocycles. The van der Waals surface area contributed by atoms with E-state index in [-0.39, 0.29) is 11.7 Å². The van der Waals surface area contributed by atoms with Gasteiger partial charge in [-0.1, -0.05) is 25.1 Å². The van der Waals surface area contributed by atoms with Crippen molar-refractivity contribution in [2.24, 2.45) is 5.92 Å². The van der Waals surface area contributed by atoms with Gasteiger partial charge in [-0.05, 0) is 43.7 Å². The summed E-state index contributed by atoms with van der Waals surface area (Å²) in [6.45, 7) is 2.12. The van der Waals surface area contributed by atoms with Crippen LogP contribution in [0.4, 0.5) is 0 Å². The Hall–Kier alpha value is -2.28. The van der Waals surface area contributed by atoms with E-state index in [0.717, 1.165) is 24.1 Å². The first kappa shape index (κ1) is 19.5. The summed E-state index contributed by atoms with van der Waals surface area (Å²) in [6.07, 6.45) is 4.21. The smallest absolute Gasteiger partial charge is 0.329 e. The van der Waals surface area contributed by atoms with Crippen molar-refractivity contribution in [2.75, 3.05) is 5.75 Å². The van der Waals surface area contributed by atoms with E-state index in [4.69, 9.17) is 4.42 Å². The number of thioether (sulfide) groups is 1. The van der Waals surface area contributed by atoms with Gasteiger partial charge in [-0.2, -0.15) is 0 Å². The minimum Gasteiger partial charge on any atom is -0.480 e. The Labute approximate surface area is 162 Å². The average molecular weight is 388 g/mol. The van der Waals surface area contributed by atoms with Crippen LogP contribution in [-0.4, -0.2) is 33.3 Å². The number of benzene rings is 1. The molecule has 1 aliphatic carbocycles. The third-order valence-corrected chi connectivity index (χ3v) is 5.94. The van der Waals surface area contributed by atoms with Gasteiger partial charge < -0.3 is 14.8 Å². The highest BCUT2D eigenvalue weighted by atomic mass is 32.2. The number of carbonyl (C=O) groups is 2. The van der Waals surface area contributed by atoms with Gasteiger partial charge in [0.05, 0.1) is 11.4 Å². The predicted octanol–water partition coefficient (Wildman–Crippen LogP) is 3.72. The summed E-state index contributed by atoms with van der Waals surface area (Å²) in [4.78, 5) is 28.4. The van der Waals surface area contributed by atoms with Crippen molar-refractivity contribution in [1.82, 2.24) is 10.3 Å². The summed E-state index contributed by atoms with van der Waals surface area (Å²) in [7, 11) is 0. The quantitative estimate of drug-likeness (QED) is 0.751. The standard InChI is InChI=1S/C20H24N2O4S/c1-14-7-9-20(10-8-14,19(24)25)22-17(23)13-27-12-16-11-26-18(21-16)15-5-3-2-4-6-15/h2-6,11,14H,7-10,12-13H2,1H3,(H,22,23)(H,24,25). The normalized spacial score (nSPS) is 22.3. The van der Waals surface area contributed by atoms with Crippen LogP contribution < -0.4 is 5.32 Å². The number of oxazole rings is 1. The lowest BCUT2D eigenvalue weighted by Crippen LogP contribution is -2.56. The topological polar surface area (TPSA) is 92.4 Å². The maximum atomic E-state index is 12.3. The third kappa shape index (κ3) is 4.91. The molecule has 1 amide bonds. The van der Waals surface area contributed by atoms with Crippen LogP contribution in [0.5, 0.6) is 0 Å². The van der Waals surface area contributed by atoms with E-state index in [1.807, 2.05) is 30.3 Å². The fourth-order valence-corrected chi connectivity index (χ4v) is 3.99. The lowest BCUT2D eigenvalue weighted by Gasteiger charge is -2.36. The zero-order chi connectivity index (χ0) is 19.3. The first-order valence-corrected chi connectivity index (χ1v) is 10.3. The Morgan fingerprint density at radius 3 is 2.67 bits per heavy atom. The van der Waals surface area contributed by atoms with E-state index in [9.17, 15) is 14.7 Å². The van der Waals surface area contributed by atoms with Gasteiger partial charge in [0, 0.05) is 11.3 Å². The van der Waals surface area contributed by atoms with Crippen LogP contribution in [0.15, 0.2) is 41.0 Å². The molecular formula is C20H24N2O4S. The Bertz CT molecular complexity index is 782. The molecule has 1 heterocycles.